The van der Waals surface area contributed by atoms with Crippen molar-refractivity contribution in [2.45, 2.75) is 37.4 Å². The Morgan fingerprint density at radius 1 is 1.34 bits per heavy atom. The number of carbonyl (C=O) groups excluding carboxylic acids is 1. The number of hydrogen-bond acceptors (Lipinski definition) is 7. The number of benzene rings is 1. The minimum atomic E-state index is -3.86. The van der Waals surface area contributed by atoms with E-state index in [1.807, 2.05) is 20.8 Å². The molecule has 3 aromatic rings. The molecule has 0 aliphatic heterocycles. The van der Waals surface area contributed by atoms with Gasteiger partial charge in [-0.15, -0.1) is 11.3 Å². The van der Waals surface area contributed by atoms with Crippen molar-refractivity contribution in [3.8, 4) is 0 Å². The zero-order chi connectivity index (χ0) is 21.3. The van der Waals surface area contributed by atoms with Crippen molar-refractivity contribution in [1.29, 1.82) is 0 Å². The van der Waals surface area contributed by atoms with E-state index in [-0.39, 0.29) is 22.1 Å². The molecule has 2 heterocycles. The smallest absolute Gasteiger partial charge is 0.263 e. The average molecular weight is 453 g/mol. The van der Waals surface area contributed by atoms with Crippen molar-refractivity contribution in [2.75, 3.05) is 11.1 Å². The molecule has 3 N–H and O–H groups in total. The zero-order valence-corrected chi connectivity index (χ0v) is 18.5. The topological polar surface area (TPSA) is 124 Å². The highest BCUT2D eigenvalue weighted by atomic mass is 32.2. The number of amides is 1. The van der Waals surface area contributed by atoms with Gasteiger partial charge >= 0.3 is 0 Å². The average Bonchev–Trinajstić information content (AvgIpc) is 2.93. The van der Waals surface area contributed by atoms with Gasteiger partial charge in [0.25, 0.3) is 5.56 Å². The third-order valence-electron chi connectivity index (χ3n) is 4.35. The number of hydrogen-bond donors (Lipinski definition) is 2. The Balaban J connectivity index is 1.80. The van der Waals surface area contributed by atoms with Crippen molar-refractivity contribution in [1.82, 2.24) is 9.55 Å². The number of aryl methyl sites for hydroxylation is 2. The number of thioether (sulfide) groups is 1. The number of carbonyl (C=O) groups is 1. The van der Waals surface area contributed by atoms with Crippen LogP contribution in [-0.2, 0) is 21.4 Å². The van der Waals surface area contributed by atoms with Gasteiger partial charge in [-0.2, -0.15) is 0 Å². The van der Waals surface area contributed by atoms with Crippen LogP contribution in [0.15, 0.2) is 39.1 Å². The maximum Gasteiger partial charge on any atom is 0.263 e. The zero-order valence-electron chi connectivity index (χ0n) is 16.1. The first-order chi connectivity index (χ1) is 13.6. The maximum absolute atomic E-state index is 12.8. The number of thiophene rings is 1. The molecule has 2 aromatic heterocycles. The number of nitrogens with zero attached hydrogens (tertiary/aromatic N) is 2. The second kappa shape index (κ2) is 8.27. The summed E-state index contributed by atoms with van der Waals surface area (Å²) in [6.07, 6.45) is 0. The van der Waals surface area contributed by atoms with Gasteiger partial charge in [-0.25, -0.2) is 18.5 Å². The van der Waals surface area contributed by atoms with Gasteiger partial charge in [0.1, 0.15) is 4.83 Å². The van der Waals surface area contributed by atoms with Crippen LogP contribution in [0.3, 0.4) is 0 Å². The van der Waals surface area contributed by atoms with Crippen LogP contribution in [0, 0.1) is 13.8 Å². The van der Waals surface area contributed by atoms with Gasteiger partial charge < -0.3 is 5.32 Å². The molecule has 0 saturated heterocycles. The molecule has 0 saturated carbocycles. The van der Waals surface area contributed by atoms with Gasteiger partial charge in [0.15, 0.2) is 5.16 Å². The minimum absolute atomic E-state index is 0.0148. The van der Waals surface area contributed by atoms with Gasteiger partial charge in [-0.3, -0.25) is 14.2 Å². The first-order valence-corrected chi connectivity index (χ1v) is 12.0. The van der Waals surface area contributed by atoms with Crippen LogP contribution >= 0.6 is 23.1 Å². The van der Waals surface area contributed by atoms with Crippen LogP contribution < -0.4 is 16.0 Å². The third kappa shape index (κ3) is 4.53. The predicted octanol–water partition coefficient (Wildman–Crippen LogP) is 2.47. The largest absolute Gasteiger partial charge is 0.325 e. The lowest BCUT2D eigenvalue weighted by Gasteiger charge is -2.10. The fraction of sp³-hybridized carbons (Fsp3) is 0.278. The lowest BCUT2D eigenvalue weighted by atomic mass is 10.2. The van der Waals surface area contributed by atoms with Gasteiger partial charge in [0, 0.05) is 17.1 Å². The molecular weight excluding hydrogens is 432 g/mol. The first kappa shape index (κ1) is 21.5. The number of aromatic nitrogens is 2. The minimum Gasteiger partial charge on any atom is -0.325 e. The summed E-state index contributed by atoms with van der Waals surface area (Å²) in [5.41, 5.74) is 1.15. The highest BCUT2D eigenvalue weighted by molar-refractivity contribution is 7.99. The van der Waals surface area contributed by atoms with E-state index in [1.165, 1.54) is 29.5 Å². The molecular formula is C18H20N4O4S3. The molecule has 1 aromatic carbocycles. The summed E-state index contributed by atoms with van der Waals surface area (Å²) in [5, 5.41) is 8.85. The number of nitrogens with one attached hydrogen (secondary N) is 1. The molecule has 0 fully saturated rings. The summed E-state index contributed by atoms with van der Waals surface area (Å²) in [6, 6.07) is 5.71. The monoisotopic (exact) mass is 452 g/mol. The fourth-order valence-electron chi connectivity index (χ4n) is 2.78. The number of sulfonamides is 1. The molecule has 0 atom stereocenters. The molecule has 29 heavy (non-hydrogen) atoms. The molecule has 154 valence electrons. The lowest BCUT2D eigenvalue weighted by molar-refractivity contribution is -0.113. The standard InChI is InChI=1S/C18H20N4O4S3/c1-4-22-17(24)15-10(2)11(3)28-16(15)21-18(22)27-9-14(23)20-12-6-5-7-13(8-12)29(19,25)26/h5-8H,4,9H2,1-3H3,(H,20,23)(H2,19,25,26). The first-order valence-electron chi connectivity index (χ1n) is 8.68. The van der Waals surface area contributed by atoms with Gasteiger partial charge in [0.05, 0.1) is 16.0 Å². The second-order valence-corrected chi connectivity index (χ2v) is 10.0. The maximum atomic E-state index is 12.8. The summed E-state index contributed by atoms with van der Waals surface area (Å²) >= 11 is 2.62. The van der Waals surface area contributed by atoms with Crippen LogP contribution in [0.4, 0.5) is 5.69 Å². The van der Waals surface area contributed by atoms with Crippen LogP contribution in [0.2, 0.25) is 0 Å². The molecule has 0 aliphatic carbocycles. The number of anilines is 1. The summed E-state index contributed by atoms with van der Waals surface area (Å²) in [6.45, 7) is 6.16. The molecule has 11 heteroatoms. The Bertz CT molecular complexity index is 1260. The number of nitrogens with two attached hydrogens (primary N) is 1. The summed E-state index contributed by atoms with van der Waals surface area (Å²) in [5.74, 6) is -0.335. The van der Waals surface area contributed by atoms with E-state index in [1.54, 1.807) is 10.6 Å². The van der Waals surface area contributed by atoms with Crippen LogP contribution in [0.25, 0.3) is 10.2 Å². The van der Waals surface area contributed by atoms with E-state index in [4.69, 9.17) is 5.14 Å². The SMILES string of the molecule is CCn1c(SCC(=O)Nc2cccc(S(N)(=O)=O)c2)nc2sc(C)c(C)c2c1=O. The summed E-state index contributed by atoms with van der Waals surface area (Å²) < 4.78 is 24.4. The highest BCUT2D eigenvalue weighted by Gasteiger charge is 2.17. The molecule has 0 bridgehead atoms. The van der Waals surface area contributed by atoms with Gasteiger partial charge in [-0.05, 0) is 44.5 Å². The normalized spacial score (nSPS) is 11.7. The molecule has 8 nitrogen and oxygen atoms in total. The van der Waals surface area contributed by atoms with E-state index < -0.39 is 10.0 Å². The third-order valence-corrected chi connectivity index (χ3v) is 7.34. The Labute approximate surface area is 176 Å². The van der Waals surface area contributed by atoms with Gasteiger partial charge in [-0.1, -0.05) is 17.8 Å². The molecule has 3 rings (SSSR count). The van der Waals surface area contributed by atoms with E-state index >= 15 is 0 Å². The molecule has 0 spiro atoms. The van der Waals surface area contributed by atoms with Crippen molar-refractivity contribution in [3.05, 3.63) is 45.1 Å². The van der Waals surface area contributed by atoms with E-state index in [2.05, 4.69) is 10.3 Å². The van der Waals surface area contributed by atoms with Crippen LogP contribution in [0.1, 0.15) is 17.4 Å². The van der Waals surface area contributed by atoms with E-state index in [0.29, 0.717) is 27.6 Å². The van der Waals surface area contributed by atoms with Crippen molar-refractivity contribution < 1.29 is 13.2 Å². The summed E-state index contributed by atoms with van der Waals surface area (Å²) in [7, 11) is -3.86. The van der Waals surface area contributed by atoms with E-state index in [0.717, 1.165) is 22.2 Å². The Morgan fingerprint density at radius 2 is 2.07 bits per heavy atom. The number of rotatable bonds is 6. The van der Waals surface area contributed by atoms with Crippen molar-refractivity contribution in [2.24, 2.45) is 5.14 Å². The lowest BCUT2D eigenvalue weighted by Crippen LogP contribution is -2.23. The van der Waals surface area contributed by atoms with E-state index in [9.17, 15) is 18.0 Å². The number of primary sulfonamides is 1. The summed E-state index contributed by atoms with van der Waals surface area (Å²) in [4.78, 5) is 31.4. The quantitative estimate of drug-likeness (QED) is 0.437. The molecule has 0 unspecified atom stereocenters. The Morgan fingerprint density at radius 3 is 2.72 bits per heavy atom. The van der Waals surface area contributed by atoms with Crippen LogP contribution in [0.5, 0.6) is 0 Å². The van der Waals surface area contributed by atoms with Crippen molar-refractivity contribution >= 4 is 54.9 Å². The molecule has 0 aliphatic rings. The second-order valence-electron chi connectivity index (χ2n) is 6.32. The predicted molar refractivity (Wildman–Crippen MR) is 116 cm³/mol. The van der Waals surface area contributed by atoms with Gasteiger partial charge in [0.2, 0.25) is 15.9 Å². The van der Waals surface area contributed by atoms with Crippen LogP contribution in [-0.4, -0.2) is 29.6 Å². The Kier molecular flexibility index (Phi) is 6.13. The Hall–Kier alpha value is -2.21. The molecule has 0 radical (unpaired) electrons. The highest BCUT2D eigenvalue weighted by Crippen LogP contribution is 2.28. The number of fused-ring (bicyclic) bond motifs is 1. The fourth-order valence-corrected chi connectivity index (χ4v) is 5.27. The molecule has 1 amide bonds. The van der Waals surface area contributed by atoms with Crippen molar-refractivity contribution in [3.63, 3.8) is 0 Å².